The molecule has 3 atom stereocenters. The summed E-state index contributed by atoms with van der Waals surface area (Å²) < 4.78 is 9.68. The van der Waals surface area contributed by atoms with E-state index in [2.05, 4.69) is 30.3 Å². The molecule has 2 aromatic heterocycles. The van der Waals surface area contributed by atoms with Crippen LogP contribution in [-0.2, 0) is 14.3 Å². The predicted molar refractivity (Wildman–Crippen MR) is 170 cm³/mol. The van der Waals surface area contributed by atoms with Gasteiger partial charge >= 0.3 is 12.1 Å². The average molecular weight is 653 g/mol. The molecule has 1 saturated heterocycles. The van der Waals surface area contributed by atoms with Crippen LogP contribution in [-0.4, -0.2) is 108 Å². The molecule has 3 heterocycles. The number of aromatic amines is 1. The number of nitrogens with two attached hydrogens (primary N) is 1. The summed E-state index contributed by atoms with van der Waals surface area (Å²) in [5.74, 6) is -0.272. The van der Waals surface area contributed by atoms with E-state index in [9.17, 15) is 24.6 Å². The minimum atomic E-state index is -1.13. The molecule has 1 aliphatic heterocycles. The molecule has 2 aliphatic rings. The van der Waals surface area contributed by atoms with Crippen molar-refractivity contribution in [1.82, 2.24) is 25.6 Å². The molecule has 0 bridgehead atoms. The fraction of sp³-hybridized carbons (Fsp3) is 0.710. The number of hydrogen-bond donors (Lipinski definition) is 8. The number of hydrogen-bond acceptors (Lipinski definition) is 12. The summed E-state index contributed by atoms with van der Waals surface area (Å²) in [4.78, 5) is 46.6. The Balaban J connectivity index is 0.000000273. The highest BCUT2D eigenvalue weighted by Gasteiger charge is 2.31. The van der Waals surface area contributed by atoms with Crippen LogP contribution in [0.5, 0.6) is 0 Å². The number of carbonyl (C=O) groups excluding carboxylic acids is 3. The summed E-state index contributed by atoms with van der Waals surface area (Å²) in [6, 6.07) is -1.43. The molecule has 15 nitrogen and oxygen atoms in total. The molecule has 3 unspecified atom stereocenters. The van der Waals surface area contributed by atoms with Gasteiger partial charge in [0.05, 0.1) is 41.3 Å². The Labute approximate surface area is 269 Å². The molecular formula is C31H52N6O9. The summed E-state index contributed by atoms with van der Waals surface area (Å²) in [7, 11) is 0. The predicted octanol–water partition coefficient (Wildman–Crippen LogP) is 1.38. The van der Waals surface area contributed by atoms with Gasteiger partial charge in [-0.1, -0.05) is 0 Å². The largest absolute Gasteiger partial charge is 0.464 e. The standard InChI is InChI=1S/C16H22N4O3.C9H15NO4.C6H15NO2/c1-16(2,23)12(5-6-21)20-15(22)10-7-17-14-13(10)19-11(8-18-14)9-3-4-9;1-9(2,3)14-8(12)10-6-4-5-13-7(6)11;1-6(2,9)5(7)3-4-8/h7-9,12,21,23H,3-6H2,1-2H3,(H,17,18)(H,20,22);6H,4-5H2,1-3H3,(H,10,12);5,8-9H,3-4,7H2,1-2H3. The highest BCUT2D eigenvalue weighted by Crippen LogP contribution is 2.39. The number of cyclic esters (lactones) is 1. The van der Waals surface area contributed by atoms with Crippen molar-refractivity contribution in [3.8, 4) is 0 Å². The molecule has 0 aromatic carbocycles. The highest BCUT2D eigenvalue weighted by molar-refractivity contribution is 6.04. The number of aromatic nitrogens is 3. The molecule has 2 fully saturated rings. The van der Waals surface area contributed by atoms with E-state index in [-0.39, 0.29) is 31.6 Å². The third-order valence-electron chi connectivity index (χ3n) is 7.19. The van der Waals surface area contributed by atoms with E-state index in [1.165, 1.54) is 0 Å². The summed E-state index contributed by atoms with van der Waals surface area (Å²) in [6.45, 7) is 12.0. The number of aliphatic hydroxyl groups is 4. The first-order valence-corrected chi connectivity index (χ1v) is 15.5. The van der Waals surface area contributed by atoms with Gasteiger partial charge in [0.2, 0.25) is 0 Å². The van der Waals surface area contributed by atoms with Crippen molar-refractivity contribution in [2.75, 3.05) is 19.8 Å². The number of amides is 2. The third-order valence-corrected chi connectivity index (χ3v) is 7.19. The van der Waals surface area contributed by atoms with E-state index in [4.69, 9.17) is 20.7 Å². The maximum Gasteiger partial charge on any atom is 0.408 e. The Morgan fingerprint density at radius 2 is 1.70 bits per heavy atom. The van der Waals surface area contributed by atoms with E-state index < -0.39 is 40.9 Å². The molecule has 15 heteroatoms. The number of ether oxygens (including phenoxy) is 2. The van der Waals surface area contributed by atoms with Crippen LogP contribution in [0.2, 0.25) is 0 Å². The number of rotatable bonds is 10. The third kappa shape index (κ3) is 12.8. The quantitative estimate of drug-likeness (QED) is 0.170. The Bertz CT molecular complexity index is 1290. The summed E-state index contributed by atoms with van der Waals surface area (Å²) in [5, 5.41) is 42.1. The second-order valence-corrected chi connectivity index (χ2v) is 13.6. The first-order chi connectivity index (χ1) is 21.3. The molecule has 1 aliphatic carbocycles. The number of H-pyrrole nitrogens is 1. The van der Waals surface area contributed by atoms with Gasteiger partial charge in [-0.05, 0) is 74.1 Å². The topological polar surface area (TPSA) is 242 Å². The lowest BCUT2D eigenvalue weighted by Crippen LogP contribution is -2.49. The van der Waals surface area contributed by atoms with Crippen LogP contribution >= 0.6 is 0 Å². The van der Waals surface area contributed by atoms with Gasteiger partial charge in [-0.2, -0.15) is 0 Å². The van der Waals surface area contributed by atoms with Crippen molar-refractivity contribution in [2.45, 2.75) is 121 Å². The van der Waals surface area contributed by atoms with Crippen LogP contribution in [0.25, 0.3) is 11.2 Å². The second kappa shape index (κ2) is 16.5. The van der Waals surface area contributed by atoms with Crippen molar-refractivity contribution in [1.29, 1.82) is 0 Å². The molecule has 9 N–H and O–H groups in total. The first-order valence-electron chi connectivity index (χ1n) is 15.5. The van der Waals surface area contributed by atoms with Crippen LogP contribution in [0.1, 0.15) is 103 Å². The number of alkyl carbamates (subject to hydrolysis) is 1. The van der Waals surface area contributed by atoms with Gasteiger partial charge in [-0.15, -0.1) is 0 Å². The lowest BCUT2D eigenvalue weighted by atomic mass is 9.96. The van der Waals surface area contributed by atoms with Crippen molar-refractivity contribution < 1.29 is 44.3 Å². The fourth-order valence-corrected chi connectivity index (χ4v) is 4.19. The van der Waals surface area contributed by atoms with Crippen molar-refractivity contribution in [3.05, 3.63) is 23.7 Å². The zero-order valence-corrected chi connectivity index (χ0v) is 27.9. The zero-order chi connectivity index (χ0) is 34.9. The van der Waals surface area contributed by atoms with Gasteiger partial charge in [-0.3, -0.25) is 4.79 Å². The van der Waals surface area contributed by atoms with Gasteiger partial charge in [0.15, 0.2) is 5.65 Å². The number of carbonyl (C=O) groups is 3. The van der Waals surface area contributed by atoms with Gasteiger partial charge in [-0.25, -0.2) is 19.6 Å². The summed E-state index contributed by atoms with van der Waals surface area (Å²) in [5.41, 5.74) is 5.34. The smallest absolute Gasteiger partial charge is 0.408 e. The van der Waals surface area contributed by atoms with Crippen molar-refractivity contribution in [2.24, 2.45) is 5.73 Å². The Morgan fingerprint density at radius 3 is 2.15 bits per heavy atom. The minimum Gasteiger partial charge on any atom is -0.464 e. The number of aliphatic hydroxyl groups excluding tert-OH is 2. The Kier molecular flexibility index (Phi) is 13.9. The summed E-state index contributed by atoms with van der Waals surface area (Å²) in [6.07, 6.45) is 6.22. The fourth-order valence-electron chi connectivity index (χ4n) is 4.19. The number of fused-ring (bicyclic) bond motifs is 1. The molecule has 4 rings (SSSR count). The van der Waals surface area contributed by atoms with E-state index >= 15 is 0 Å². The molecule has 260 valence electrons. The average Bonchev–Trinajstić information content (AvgIpc) is 3.58. The van der Waals surface area contributed by atoms with Crippen LogP contribution in [0, 0.1) is 0 Å². The van der Waals surface area contributed by atoms with E-state index in [1.54, 1.807) is 60.9 Å². The molecular weight excluding hydrogens is 600 g/mol. The lowest BCUT2D eigenvalue weighted by molar-refractivity contribution is -0.139. The molecule has 46 heavy (non-hydrogen) atoms. The van der Waals surface area contributed by atoms with Gasteiger partial charge < -0.3 is 51.3 Å². The van der Waals surface area contributed by atoms with Crippen LogP contribution in [0.4, 0.5) is 4.79 Å². The SMILES string of the molecule is CC(C)(C)OC(=O)NC1CCOC1=O.CC(C)(O)C(CCO)NC(=O)c1c[nH]c2ncc(C3CC3)nc12.CC(C)(O)C(N)CCO. The lowest BCUT2D eigenvalue weighted by Gasteiger charge is -2.29. The van der Waals surface area contributed by atoms with Gasteiger partial charge in [0.25, 0.3) is 5.91 Å². The molecule has 1 saturated carbocycles. The maximum absolute atomic E-state index is 12.6. The van der Waals surface area contributed by atoms with Crippen LogP contribution in [0.3, 0.4) is 0 Å². The van der Waals surface area contributed by atoms with Crippen molar-refractivity contribution >= 4 is 29.1 Å². The maximum atomic E-state index is 12.6. The normalized spacial score (nSPS) is 17.9. The van der Waals surface area contributed by atoms with Gasteiger partial charge in [0.1, 0.15) is 17.2 Å². The molecule has 0 spiro atoms. The number of nitrogens with zero attached hydrogens (tertiary/aromatic N) is 2. The van der Waals surface area contributed by atoms with Crippen LogP contribution < -0.4 is 16.4 Å². The van der Waals surface area contributed by atoms with Crippen LogP contribution in [0.15, 0.2) is 12.4 Å². The molecule has 0 radical (unpaired) electrons. The van der Waals surface area contributed by atoms with E-state index in [0.717, 1.165) is 18.5 Å². The minimum absolute atomic E-state index is 0.0329. The van der Waals surface area contributed by atoms with E-state index in [1.807, 2.05) is 0 Å². The first kappa shape index (κ1) is 38.8. The highest BCUT2D eigenvalue weighted by atomic mass is 16.6. The number of nitrogens with one attached hydrogen (secondary N) is 3. The van der Waals surface area contributed by atoms with Gasteiger partial charge in [0, 0.05) is 37.8 Å². The second-order valence-electron chi connectivity index (χ2n) is 13.6. The monoisotopic (exact) mass is 652 g/mol. The Morgan fingerprint density at radius 1 is 1.07 bits per heavy atom. The van der Waals surface area contributed by atoms with Crippen molar-refractivity contribution in [3.63, 3.8) is 0 Å². The Hall–Kier alpha value is -3.37. The molecule has 2 amide bonds. The summed E-state index contributed by atoms with van der Waals surface area (Å²) >= 11 is 0. The van der Waals surface area contributed by atoms with E-state index in [0.29, 0.717) is 42.1 Å². The zero-order valence-electron chi connectivity index (χ0n) is 27.9. The molecule has 2 aromatic rings. The number of esters is 1.